The molecule has 6 heteroatoms. The van der Waals surface area contributed by atoms with Gasteiger partial charge in [0.15, 0.2) is 0 Å². The van der Waals surface area contributed by atoms with E-state index in [1.54, 1.807) is 0 Å². The quantitative estimate of drug-likeness (QED) is 0.851. The SMILES string of the molecule is c1ccc2c(c1)nnn2CCCNC1CCOC2(CCOCC2)C1. The van der Waals surface area contributed by atoms with Crippen molar-refractivity contribution in [2.45, 2.75) is 50.3 Å². The smallest absolute Gasteiger partial charge is 0.113 e. The standard InChI is InChI=1S/C18H26N4O2/c1-2-5-17-16(4-1)20-21-22(17)10-3-9-19-15-6-11-24-18(14-15)7-12-23-13-8-18/h1-2,4-5,15,19H,3,6-14H2. The van der Waals surface area contributed by atoms with Crippen LogP contribution in [0.1, 0.15) is 32.1 Å². The number of nitrogens with one attached hydrogen (secondary N) is 1. The summed E-state index contributed by atoms with van der Waals surface area (Å²) in [4.78, 5) is 0. The van der Waals surface area contributed by atoms with E-state index in [9.17, 15) is 0 Å². The second-order valence-corrected chi connectivity index (χ2v) is 6.94. The van der Waals surface area contributed by atoms with Gasteiger partial charge in [-0.25, -0.2) is 4.68 Å². The first-order valence-corrected chi connectivity index (χ1v) is 9.08. The predicted molar refractivity (Wildman–Crippen MR) is 91.9 cm³/mol. The molecular weight excluding hydrogens is 304 g/mol. The first kappa shape index (κ1) is 16.0. The minimum atomic E-state index is 0.0657. The van der Waals surface area contributed by atoms with E-state index in [1.807, 2.05) is 22.9 Å². The zero-order chi connectivity index (χ0) is 16.2. The molecule has 2 fully saturated rings. The molecule has 24 heavy (non-hydrogen) atoms. The van der Waals surface area contributed by atoms with E-state index < -0.39 is 0 Å². The van der Waals surface area contributed by atoms with Crippen molar-refractivity contribution in [3.8, 4) is 0 Å². The van der Waals surface area contributed by atoms with Crippen LogP contribution in [0.15, 0.2) is 24.3 Å². The molecule has 2 aliphatic heterocycles. The van der Waals surface area contributed by atoms with Crippen molar-refractivity contribution in [3.63, 3.8) is 0 Å². The van der Waals surface area contributed by atoms with Gasteiger partial charge in [0.2, 0.25) is 0 Å². The number of nitrogens with zero attached hydrogens (tertiary/aromatic N) is 3. The Balaban J connectivity index is 1.25. The summed E-state index contributed by atoms with van der Waals surface area (Å²) < 4.78 is 13.6. The summed E-state index contributed by atoms with van der Waals surface area (Å²) in [7, 11) is 0. The normalized spacial score (nSPS) is 23.8. The molecule has 6 nitrogen and oxygen atoms in total. The van der Waals surface area contributed by atoms with Crippen LogP contribution in [0.2, 0.25) is 0 Å². The molecule has 1 aromatic heterocycles. The zero-order valence-corrected chi connectivity index (χ0v) is 14.1. The highest BCUT2D eigenvalue weighted by Crippen LogP contribution is 2.34. The minimum Gasteiger partial charge on any atom is -0.381 e. The van der Waals surface area contributed by atoms with E-state index in [-0.39, 0.29) is 5.60 Å². The summed E-state index contributed by atoms with van der Waals surface area (Å²) >= 11 is 0. The number of benzene rings is 1. The average molecular weight is 330 g/mol. The Morgan fingerprint density at radius 3 is 3.00 bits per heavy atom. The Hall–Kier alpha value is -1.50. The third-order valence-electron chi connectivity index (χ3n) is 5.30. The van der Waals surface area contributed by atoms with Gasteiger partial charge in [0, 0.05) is 32.4 Å². The van der Waals surface area contributed by atoms with Crippen molar-refractivity contribution < 1.29 is 9.47 Å². The van der Waals surface area contributed by atoms with E-state index >= 15 is 0 Å². The van der Waals surface area contributed by atoms with Crippen molar-refractivity contribution in [1.82, 2.24) is 20.3 Å². The number of ether oxygens (including phenoxy) is 2. The Labute approximate surface area is 142 Å². The molecular formula is C18H26N4O2. The molecule has 1 unspecified atom stereocenters. The van der Waals surface area contributed by atoms with E-state index in [1.165, 1.54) is 0 Å². The number of fused-ring (bicyclic) bond motifs is 1. The summed E-state index contributed by atoms with van der Waals surface area (Å²) in [5, 5.41) is 12.2. The Morgan fingerprint density at radius 1 is 1.21 bits per heavy atom. The van der Waals surface area contributed by atoms with Gasteiger partial charge in [0.05, 0.1) is 11.1 Å². The second-order valence-electron chi connectivity index (χ2n) is 6.94. The highest BCUT2D eigenvalue weighted by atomic mass is 16.5. The zero-order valence-electron chi connectivity index (χ0n) is 14.1. The molecule has 2 aromatic rings. The van der Waals surface area contributed by atoms with E-state index in [0.717, 1.165) is 76.0 Å². The van der Waals surface area contributed by atoms with Gasteiger partial charge in [-0.3, -0.25) is 0 Å². The fourth-order valence-corrected chi connectivity index (χ4v) is 3.91. The number of para-hydroxylation sites is 1. The molecule has 0 amide bonds. The molecule has 0 saturated carbocycles. The van der Waals surface area contributed by atoms with Crippen LogP contribution < -0.4 is 5.32 Å². The van der Waals surface area contributed by atoms with Crippen LogP contribution in [-0.4, -0.2) is 53.0 Å². The topological polar surface area (TPSA) is 61.2 Å². The number of hydrogen-bond donors (Lipinski definition) is 1. The molecule has 4 rings (SSSR count). The Morgan fingerprint density at radius 2 is 2.08 bits per heavy atom. The predicted octanol–water partition coefficient (Wildman–Crippen LogP) is 2.14. The van der Waals surface area contributed by atoms with Crippen LogP contribution in [0, 0.1) is 0 Å². The van der Waals surface area contributed by atoms with Crippen LogP contribution in [-0.2, 0) is 16.0 Å². The maximum absolute atomic E-state index is 6.11. The molecule has 1 aromatic carbocycles. The van der Waals surface area contributed by atoms with Gasteiger partial charge >= 0.3 is 0 Å². The molecule has 2 aliphatic rings. The van der Waals surface area contributed by atoms with Crippen LogP contribution in [0.5, 0.6) is 0 Å². The lowest BCUT2D eigenvalue weighted by Gasteiger charge is -2.43. The van der Waals surface area contributed by atoms with Gasteiger partial charge < -0.3 is 14.8 Å². The van der Waals surface area contributed by atoms with Gasteiger partial charge in [0.1, 0.15) is 5.52 Å². The third kappa shape index (κ3) is 3.45. The lowest BCUT2D eigenvalue weighted by atomic mass is 9.84. The first-order valence-electron chi connectivity index (χ1n) is 9.08. The van der Waals surface area contributed by atoms with Gasteiger partial charge in [-0.1, -0.05) is 17.3 Å². The Kier molecular flexibility index (Phi) is 4.78. The van der Waals surface area contributed by atoms with Crippen molar-refractivity contribution in [2.75, 3.05) is 26.4 Å². The molecule has 1 N–H and O–H groups in total. The summed E-state index contributed by atoms with van der Waals surface area (Å²) in [5.41, 5.74) is 2.15. The number of aromatic nitrogens is 3. The second kappa shape index (κ2) is 7.17. The third-order valence-corrected chi connectivity index (χ3v) is 5.30. The average Bonchev–Trinajstić information content (AvgIpc) is 3.03. The molecule has 0 aliphatic carbocycles. The Bertz CT molecular complexity index is 660. The van der Waals surface area contributed by atoms with E-state index in [2.05, 4.69) is 21.7 Å². The molecule has 1 atom stereocenters. The maximum Gasteiger partial charge on any atom is 0.113 e. The van der Waals surface area contributed by atoms with E-state index in [4.69, 9.17) is 9.47 Å². The molecule has 1 spiro atoms. The highest BCUT2D eigenvalue weighted by Gasteiger charge is 2.38. The summed E-state index contributed by atoms with van der Waals surface area (Å²) in [6.07, 6.45) is 5.35. The van der Waals surface area contributed by atoms with Crippen molar-refractivity contribution >= 4 is 11.0 Å². The van der Waals surface area contributed by atoms with Gasteiger partial charge in [-0.15, -0.1) is 5.10 Å². The van der Waals surface area contributed by atoms with Gasteiger partial charge in [0.25, 0.3) is 0 Å². The first-order chi connectivity index (χ1) is 11.8. The molecule has 2 saturated heterocycles. The number of rotatable bonds is 5. The lowest BCUT2D eigenvalue weighted by Crippen LogP contribution is -2.50. The molecule has 130 valence electrons. The number of aryl methyl sites for hydroxylation is 1. The van der Waals surface area contributed by atoms with Crippen LogP contribution in [0.25, 0.3) is 11.0 Å². The van der Waals surface area contributed by atoms with Gasteiger partial charge in [-0.05, 0) is 50.8 Å². The number of hydrogen-bond acceptors (Lipinski definition) is 5. The fourth-order valence-electron chi connectivity index (χ4n) is 3.91. The largest absolute Gasteiger partial charge is 0.381 e. The highest BCUT2D eigenvalue weighted by molar-refractivity contribution is 5.73. The lowest BCUT2D eigenvalue weighted by molar-refractivity contribution is -0.140. The summed E-state index contributed by atoms with van der Waals surface area (Å²) in [6, 6.07) is 8.68. The summed E-state index contributed by atoms with van der Waals surface area (Å²) in [5.74, 6) is 0. The van der Waals surface area contributed by atoms with Crippen LogP contribution >= 0.6 is 0 Å². The van der Waals surface area contributed by atoms with Crippen LogP contribution in [0.4, 0.5) is 0 Å². The fraction of sp³-hybridized carbons (Fsp3) is 0.667. The van der Waals surface area contributed by atoms with Gasteiger partial charge in [-0.2, -0.15) is 0 Å². The van der Waals surface area contributed by atoms with Crippen molar-refractivity contribution in [1.29, 1.82) is 0 Å². The minimum absolute atomic E-state index is 0.0657. The maximum atomic E-state index is 6.11. The van der Waals surface area contributed by atoms with Crippen molar-refractivity contribution in [3.05, 3.63) is 24.3 Å². The van der Waals surface area contributed by atoms with E-state index in [0.29, 0.717) is 6.04 Å². The molecule has 3 heterocycles. The monoisotopic (exact) mass is 330 g/mol. The molecule has 0 radical (unpaired) electrons. The van der Waals surface area contributed by atoms with Crippen LogP contribution in [0.3, 0.4) is 0 Å². The molecule has 0 bridgehead atoms. The summed E-state index contributed by atoms with van der Waals surface area (Å²) in [6.45, 7) is 4.45. The van der Waals surface area contributed by atoms with Crippen molar-refractivity contribution in [2.24, 2.45) is 0 Å².